The summed E-state index contributed by atoms with van der Waals surface area (Å²) in [5.74, 6) is 2.53. The Hall–Kier alpha value is -8.15. The molecule has 0 radical (unpaired) electrons. The Bertz CT molecular complexity index is 2990. The van der Waals surface area contributed by atoms with Gasteiger partial charge in [-0.05, 0) is 51.6 Å². The molecule has 10 rings (SSSR count). The van der Waals surface area contributed by atoms with E-state index in [4.69, 9.17) is 24.9 Å². The van der Waals surface area contributed by atoms with E-state index in [-0.39, 0.29) is 0 Å². The quantitative estimate of drug-likeness (QED) is 0.146. The van der Waals surface area contributed by atoms with Gasteiger partial charge in [0.25, 0.3) is 0 Å². The number of rotatable bonds is 9. The van der Waals surface area contributed by atoms with Gasteiger partial charge in [0, 0.05) is 33.4 Å². The fraction of sp³-hybridized carbons (Fsp3) is 0. The predicted octanol–water partition coefficient (Wildman–Crippen LogP) is 13.7. The van der Waals surface area contributed by atoms with Crippen LogP contribution in [0.1, 0.15) is 0 Å². The van der Waals surface area contributed by atoms with Crippen LogP contribution in [-0.2, 0) is 0 Å². The highest BCUT2D eigenvalue weighted by molar-refractivity contribution is 5.87. The van der Waals surface area contributed by atoms with Crippen LogP contribution in [0.25, 0.3) is 101 Å². The molecule has 0 aliphatic rings. The summed E-state index contributed by atoms with van der Waals surface area (Å²) in [6, 6.07) is 77.0. The summed E-state index contributed by atoms with van der Waals surface area (Å²) >= 11 is 0. The molecule has 2 aromatic heterocycles. The molecule has 0 N–H and O–H groups in total. The summed E-state index contributed by atoms with van der Waals surface area (Å²) in [5.41, 5.74) is 14.2. The maximum atomic E-state index is 5.12. The van der Waals surface area contributed by atoms with Gasteiger partial charge in [-0.25, -0.2) is 24.9 Å². The molecule has 0 bridgehead atoms. The molecule has 8 aromatic carbocycles. The van der Waals surface area contributed by atoms with E-state index in [1.165, 1.54) is 0 Å². The van der Waals surface area contributed by atoms with Crippen molar-refractivity contribution in [3.8, 4) is 101 Å². The van der Waals surface area contributed by atoms with Crippen LogP contribution in [0.4, 0.5) is 0 Å². The Morgan fingerprint density at radius 1 is 0.183 bits per heavy atom. The van der Waals surface area contributed by atoms with Crippen LogP contribution >= 0.6 is 0 Å². The van der Waals surface area contributed by atoms with Crippen molar-refractivity contribution >= 4 is 0 Å². The topological polar surface area (TPSA) is 64.5 Å². The lowest BCUT2D eigenvalue weighted by Crippen LogP contribution is -2.00. The Morgan fingerprint density at radius 2 is 0.550 bits per heavy atom. The summed E-state index contributed by atoms with van der Waals surface area (Å²) in [6.07, 6.45) is 0. The summed E-state index contributed by atoms with van der Waals surface area (Å²) in [4.78, 5) is 25.3. The summed E-state index contributed by atoms with van der Waals surface area (Å²) in [7, 11) is 0. The van der Waals surface area contributed by atoms with Crippen molar-refractivity contribution in [3.63, 3.8) is 0 Å². The van der Waals surface area contributed by atoms with Gasteiger partial charge >= 0.3 is 0 Å². The van der Waals surface area contributed by atoms with Crippen molar-refractivity contribution in [1.29, 1.82) is 0 Å². The van der Waals surface area contributed by atoms with Crippen LogP contribution in [0, 0.1) is 0 Å². The molecule has 0 saturated heterocycles. The smallest absolute Gasteiger partial charge is 0.164 e. The van der Waals surface area contributed by atoms with Crippen molar-refractivity contribution in [2.75, 3.05) is 0 Å². The average molecular weight is 768 g/mol. The summed E-state index contributed by atoms with van der Waals surface area (Å²) in [6.45, 7) is 0. The minimum absolute atomic E-state index is 0.607. The highest BCUT2D eigenvalue weighted by Crippen LogP contribution is 2.36. The first-order valence-corrected chi connectivity index (χ1v) is 20.0. The van der Waals surface area contributed by atoms with Crippen molar-refractivity contribution < 1.29 is 0 Å². The number of hydrogen-bond donors (Lipinski definition) is 0. The number of nitrogens with zero attached hydrogens (tertiary/aromatic N) is 5. The minimum atomic E-state index is 0.607. The zero-order chi connectivity index (χ0) is 40.1. The fourth-order valence-electron chi connectivity index (χ4n) is 7.50. The van der Waals surface area contributed by atoms with Crippen LogP contribution in [0.15, 0.2) is 224 Å². The van der Waals surface area contributed by atoms with E-state index < -0.39 is 0 Å². The first-order chi connectivity index (χ1) is 29.7. The second-order valence-electron chi connectivity index (χ2n) is 14.5. The van der Waals surface area contributed by atoms with E-state index in [0.717, 1.165) is 78.1 Å². The van der Waals surface area contributed by atoms with Gasteiger partial charge in [-0.15, -0.1) is 0 Å². The second-order valence-corrected chi connectivity index (χ2v) is 14.5. The van der Waals surface area contributed by atoms with Crippen LogP contribution in [0.5, 0.6) is 0 Å². The molecular formula is C55H37N5. The third-order valence-electron chi connectivity index (χ3n) is 10.6. The zero-order valence-corrected chi connectivity index (χ0v) is 32.6. The van der Waals surface area contributed by atoms with Gasteiger partial charge in [-0.1, -0.05) is 206 Å². The Kier molecular flexibility index (Phi) is 9.88. The van der Waals surface area contributed by atoms with E-state index >= 15 is 0 Å². The van der Waals surface area contributed by atoms with Crippen LogP contribution in [0.3, 0.4) is 0 Å². The van der Waals surface area contributed by atoms with Gasteiger partial charge in [0.05, 0.1) is 11.4 Å². The number of benzene rings is 8. The van der Waals surface area contributed by atoms with Gasteiger partial charge in [-0.2, -0.15) is 0 Å². The molecule has 0 saturated carbocycles. The van der Waals surface area contributed by atoms with Gasteiger partial charge < -0.3 is 0 Å². The maximum Gasteiger partial charge on any atom is 0.164 e. The Morgan fingerprint density at radius 3 is 1.10 bits per heavy atom. The fourth-order valence-corrected chi connectivity index (χ4v) is 7.50. The van der Waals surface area contributed by atoms with E-state index in [2.05, 4.69) is 133 Å². The van der Waals surface area contributed by atoms with E-state index in [1.807, 2.05) is 91.0 Å². The van der Waals surface area contributed by atoms with Crippen LogP contribution in [0.2, 0.25) is 0 Å². The molecule has 0 fully saturated rings. The minimum Gasteiger partial charge on any atom is -0.228 e. The molecule has 0 spiro atoms. The lowest BCUT2D eigenvalue weighted by molar-refractivity contribution is 1.07. The van der Waals surface area contributed by atoms with E-state index in [1.54, 1.807) is 0 Å². The molecule has 60 heavy (non-hydrogen) atoms. The molecule has 5 heteroatoms. The third-order valence-corrected chi connectivity index (χ3v) is 10.6. The predicted molar refractivity (Wildman–Crippen MR) is 244 cm³/mol. The monoisotopic (exact) mass is 767 g/mol. The molecular weight excluding hydrogens is 731 g/mol. The lowest BCUT2D eigenvalue weighted by atomic mass is 9.92. The molecule has 282 valence electrons. The molecule has 10 aromatic rings. The lowest BCUT2D eigenvalue weighted by Gasteiger charge is -2.14. The first kappa shape index (κ1) is 36.2. The van der Waals surface area contributed by atoms with Gasteiger partial charge in [-0.3, -0.25) is 0 Å². The van der Waals surface area contributed by atoms with Crippen molar-refractivity contribution in [3.05, 3.63) is 224 Å². The molecule has 0 amide bonds. The first-order valence-electron chi connectivity index (χ1n) is 20.0. The van der Waals surface area contributed by atoms with Crippen LogP contribution in [-0.4, -0.2) is 24.9 Å². The van der Waals surface area contributed by atoms with E-state index in [9.17, 15) is 0 Å². The third kappa shape index (κ3) is 7.63. The largest absolute Gasteiger partial charge is 0.228 e. The standard InChI is InChI=1S/C55H37N5/c1-6-17-39(18-7-1)48-34-33-47(36-49(48)40-19-8-2-9-20-40)55-59-53(43-25-14-5-15-26-43)58-54(60-55)44-31-29-38(30-32-44)45-27-16-28-46(35-45)51-37-50(41-21-10-3-11-22-41)56-52(57-51)42-23-12-4-13-24-42/h1-37H. The Labute approximate surface area is 349 Å². The molecule has 0 atom stereocenters. The van der Waals surface area contributed by atoms with Gasteiger partial charge in [0.15, 0.2) is 23.3 Å². The second kappa shape index (κ2) is 16.4. The van der Waals surface area contributed by atoms with Gasteiger partial charge in [0.1, 0.15) is 0 Å². The van der Waals surface area contributed by atoms with Crippen molar-refractivity contribution in [2.45, 2.75) is 0 Å². The maximum absolute atomic E-state index is 5.12. The number of hydrogen-bond acceptors (Lipinski definition) is 5. The summed E-state index contributed by atoms with van der Waals surface area (Å²) < 4.78 is 0. The average Bonchev–Trinajstić information content (AvgIpc) is 3.35. The van der Waals surface area contributed by atoms with Crippen molar-refractivity contribution in [1.82, 2.24) is 24.9 Å². The highest BCUT2D eigenvalue weighted by atomic mass is 15.0. The highest BCUT2D eigenvalue weighted by Gasteiger charge is 2.16. The normalized spacial score (nSPS) is 11.0. The molecule has 0 unspecified atom stereocenters. The molecule has 0 aliphatic heterocycles. The number of aromatic nitrogens is 5. The Balaban J connectivity index is 1.02. The summed E-state index contributed by atoms with van der Waals surface area (Å²) in [5, 5.41) is 0. The zero-order valence-electron chi connectivity index (χ0n) is 32.6. The van der Waals surface area contributed by atoms with Gasteiger partial charge in [0.2, 0.25) is 0 Å². The van der Waals surface area contributed by atoms with Crippen LogP contribution < -0.4 is 0 Å². The SMILES string of the molecule is c1ccc(-c2cc(-c3cccc(-c4ccc(-c5nc(-c6ccccc6)nc(-c6ccc(-c7ccccc7)c(-c7ccccc7)c6)n5)cc4)c3)nc(-c3ccccc3)n2)cc1. The molecule has 5 nitrogen and oxygen atoms in total. The van der Waals surface area contributed by atoms with Crippen molar-refractivity contribution in [2.24, 2.45) is 0 Å². The van der Waals surface area contributed by atoms with E-state index in [0.29, 0.717) is 23.3 Å². The molecule has 0 aliphatic carbocycles. The molecule has 2 heterocycles.